The van der Waals surface area contributed by atoms with E-state index in [0.29, 0.717) is 17.9 Å². The number of aryl methyl sites for hydroxylation is 1. The van der Waals surface area contributed by atoms with Crippen LogP contribution >= 0.6 is 15.9 Å². The predicted molar refractivity (Wildman–Crippen MR) is 88.7 cm³/mol. The molecule has 0 saturated heterocycles. The number of carbonyl (C=O) groups is 1. The van der Waals surface area contributed by atoms with Crippen LogP contribution in [0.1, 0.15) is 21.5 Å². The highest BCUT2D eigenvalue weighted by molar-refractivity contribution is 9.10. The molecule has 1 heterocycles. The van der Waals surface area contributed by atoms with Gasteiger partial charge in [-0.3, -0.25) is 4.79 Å². The van der Waals surface area contributed by atoms with E-state index in [9.17, 15) is 4.79 Å². The SMILES string of the molecule is CNc1ncc(Br)cc1C(=O)NCCc1ccccc1C. The highest BCUT2D eigenvalue weighted by Crippen LogP contribution is 2.17. The summed E-state index contributed by atoms with van der Waals surface area (Å²) < 4.78 is 0.783. The first-order valence-corrected chi connectivity index (χ1v) is 7.57. The number of nitrogens with one attached hydrogen (secondary N) is 2. The van der Waals surface area contributed by atoms with Gasteiger partial charge < -0.3 is 10.6 Å². The molecule has 1 aromatic heterocycles. The van der Waals surface area contributed by atoms with Gasteiger partial charge in [0.05, 0.1) is 5.56 Å². The summed E-state index contributed by atoms with van der Waals surface area (Å²) in [7, 11) is 1.75. The van der Waals surface area contributed by atoms with E-state index in [-0.39, 0.29) is 5.91 Å². The number of hydrogen-bond donors (Lipinski definition) is 2. The second-order valence-electron chi connectivity index (χ2n) is 4.73. The van der Waals surface area contributed by atoms with Crippen LogP contribution in [0.3, 0.4) is 0 Å². The van der Waals surface area contributed by atoms with Gasteiger partial charge in [-0.05, 0) is 46.5 Å². The van der Waals surface area contributed by atoms with E-state index in [2.05, 4.69) is 50.6 Å². The maximum Gasteiger partial charge on any atom is 0.255 e. The third-order valence-electron chi connectivity index (χ3n) is 3.28. The molecule has 2 aromatic rings. The highest BCUT2D eigenvalue weighted by Gasteiger charge is 2.12. The first-order valence-electron chi connectivity index (χ1n) is 6.78. The molecule has 1 aromatic carbocycles. The second kappa shape index (κ2) is 7.22. The average Bonchev–Trinajstić information content (AvgIpc) is 2.49. The number of hydrogen-bond acceptors (Lipinski definition) is 3. The Balaban J connectivity index is 1.99. The van der Waals surface area contributed by atoms with E-state index in [4.69, 9.17) is 0 Å². The van der Waals surface area contributed by atoms with E-state index >= 15 is 0 Å². The van der Waals surface area contributed by atoms with Gasteiger partial charge in [-0.1, -0.05) is 24.3 Å². The maximum atomic E-state index is 12.2. The second-order valence-corrected chi connectivity index (χ2v) is 5.65. The molecule has 0 saturated carbocycles. The van der Waals surface area contributed by atoms with Gasteiger partial charge >= 0.3 is 0 Å². The zero-order chi connectivity index (χ0) is 15.2. The van der Waals surface area contributed by atoms with Gasteiger partial charge in [-0.25, -0.2) is 4.98 Å². The Bertz CT molecular complexity index is 643. The third kappa shape index (κ3) is 4.04. The van der Waals surface area contributed by atoms with Crippen molar-refractivity contribution in [2.24, 2.45) is 0 Å². The van der Waals surface area contributed by atoms with E-state index in [0.717, 1.165) is 10.9 Å². The van der Waals surface area contributed by atoms with Crippen LogP contribution in [0.15, 0.2) is 41.0 Å². The lowest BCUT2D eigenvalue weighted by molar-refractivity contribution is 0.0954. The Morgan fingerprint density at radius 2 is 2.10 bits per heavy atom. The third-order valence-corrected chi connectivity index (χ3v) is 3.71. The summed E-state index contributed by atoms with van der Waals surface area (Å²) in [6.45, 7) is 2.67. The summed E-state index contributed by atoms with van der Waals surface area (Å²) in [5.41, 5.74) is 3.03. The largest absolute Gasteiger partial charge is 0.372 e. The molecule has 5 heteroatoms. The fraction of sp³-hybridized carbons (Fsp3) is 0.250. The van der Waals surface area contributed by atoms with Crippen LogP contribution < -0.4 is 10.6 Å². The zero-order valence-corrected chi connectivity index (χ0v) is 13.7. The molecule has 0 radical (unpaired) electrons. The Hall–Kier alpha value is -1.88. The highest BCUT2D eigenvalue weighted by atomic mass is 79.9. The van der Waals surface area contributed by atoms with E-state index in [1.807, 2.05) is 12.1 Å². The Morgan fingerprint density at radius 3 is 2.81 bits per heavy atom. The summed E-state index contributed by atoms with van der Waals surface area (Å²) >= 11 is 3.34. The summed E-state index contributed by atoms with van der Waals surface area (Å²) in [6, 6.07) is 9.96. The summed E-state index contributed by atoms with van der Waals surface area (Å²) in [6.07, 6.45) is 2.48. The van der Waals surface area contributed by atoms with Crippen LogP contribution in [0.5, 0.6) is 0 Å². The van der Waals surface area contributed by atoms with Gasteiger partial charge in [0.15, 0.2) is 0 Å². The van der Waals surface area contributed by atoms with Crippen molar-refractivity contribution in [3.8, 4) is 0 Å². The average molecular weight is 348 g/mol. The standard InChI is InChI=1S/C16H18BrN3O/c1-11-5-3-4-6-12(11)7-8-19-16(21)14-9-13(17)10-20-15(14)18-2/h3-6,9-10H,7-8H2,1-2H3,(H,18,20)(H,19,21). The molecule has 0 fully saturated rings. The number of nitrogens with zero attached hydrogens (tertiary/aromatic N) is 1. The number of pyridine rings is 1. The number of aromatic nitrogens is 1. The number of amides is 1. The monoisotopic (exact) mass is 347 g/mol. The fourth-order valence-electron chi connectivity index (χ4n) is 2.11. The molecule has 2 N–H and O–H groups in total. The summed E-state index contributed by atoms with van der Waals surface area (Å²) in [5.74, 6) is 0.452. The summed E-state index contributed by atoms with van der Waals surface area (Å²) in [5, 5.41) is 5.86. The van der Waals surface area contributed by atoms with Crippen molar-refractivity contribution in [3.05, 3.63) is 57.7 Å². The summed E-state index contributed by atoms with van der Waals surface area (Å²) in [4.78, 5) is 16.4. The van der Waals surface area contributed by atoms with Crippen molar-refractivity contribution in [1.29, 1.82) is 0 Å². The van der Waals surface area contributed by atoms with Crippen LogP contribution in [-0.2, 0) is 6.42 Å². The minimum absolute atomic E-state index is 0.123. The van der Waals surface area contributed by atoms with Crippen LogP contribution in [0, 0.1) is 6.92 Å². The zero-order valence-electron chi connectivity index (χ0n) is 12.1. The van der Waals surface area contributed by atoms with Crippen LogP contribution in [0.4, 0.5) is 5.82 Å². The molecule has 0 unspecified atom stereocenters. The lowest BCUT2D eigenvalue weighted by Gasteiger charge is -2.10. The topological polar surface area (TPSA) is 54.0 Å². The van der Waals surface area contributed by atoms with Gasteiger partial charge in [0.25, 0.3) is 5.91 Å². The minimum atomic E-state index is -0.123. The maximum absolute atomic E-state index is 12.2. The normalized spacial score (nSPS) is 10.2. The van der Waals surface area contributed by atoms with E-state index < -0.39 is 0 Å². The molecular formula is C16H18BrN3O. The van der Waals surface area contributed by atoms with Crippen molar-refractivity contribution < 1.29 is 4.79 Å². The molecular weight excluding hydrogens is 330 g/mol. The molecule has 0 bridgehead atoms. The molecule has 21 heavy (non-hydrogen) atoms. The number of rotatable bonds is 5. The Labute approximate surface area is 133 Å². The first kappa shape index (κ1) is 15.5. The number of halogens is 1. The first-order chi connectivity index (χ1) is 10.1. The van der Waals surface area contributed by atoms with Crippen molar-refractivity contribution in [2.45, 2.75) is 13.3 Å². The number of carbonyl (C=O) groups excluding carboxylic acids is 1. The molecule has 4 nitrogen and oxygen atoms in total. The molecule has 1 amide bonds. The molecule has 0 spiro atoms. The van der Waals surface area contributed by atoms with E-state index in [1.54, 1.807) is 19.3 Å². The van der Waals surface area contributed by atoms with Crippen molar-refractivity contribution >= 4 is 27.7 Å². The lowest BCUT2D eigenvalue weighted by atomic mass is 10.1. The van der Waals surface area contributed by atoms with E-state index in [1.165, 1.54) is 11.1 Å². The van der Waals surface area contributed by atoms with Crippen LogP contribution in [0.2, 0.25) is 0 Å². The van der Waals surface area contributed by atoms with Gasteiger partial charge in [-0.15, -0.1) is 0 Å². The quantitative estimate of drug-likeness (QED) is 0.873. The minimum Gasteiger partial charge on any atom is -0.372 e. The smallest absolute Gasteiger partial charge is 0.255 e. The predicted octanol–water partition coefficient (Wildman–Crippen LogP) is 3.17. The molecule has 110 valence electrons. The fourth-order valence-corrected chi connectivity index (χ4v) is 2.44. The molecule has 0 aliphatic rings. The van der Waals surface area contributed by atoms with Crippen LogP contribution in [0.25, 0.3) is 0 Å². The Morgan fingerprint density at radius 1 is 1.33 bits per heavy atom. The Kier molecular flexibility index (Phi) is 5.33. The van der Waals surface area contributed by atoms with Gasteiger partial charge in [0.1, 0.15) is 5.82 Å². The molecule has 0 atom stereocenters. The van der Waals surface area contributed by atoms with Crippen LogP contribution in [-0.4, -0.2) is 24.5 Å². The number of anilines is 1. The van der Waals surface area contributed by atoms with Gasteiger partial charge in [0.2, 0.25) is 0 Å². The molecule has 0 aliphatic carbocycles. The van der Waals surface area contributed by atoms with Crippen molar-refractivity contribution in [3.63, 3.8) is 0 Å². The van der Waals surface area contributed by atoms with Crippen molar-refractivity contribution in [2.75, 3.05) is 18.9 Å². The van der Waals surface area contributed by atoms with Gasteiger partial charge in [-0.2, -0.15) is 0 Å². The lowest BCUT2D eigenvalue weighted by Crippen LogP contribution is -2.26. The number of benzene rings is 1. The van der Waals surface area contributed by atoms with Crippen molar-refractivity contribution in [1.82, 2.24) is 10.3 Å². The molecule has 0 aliphatic heterocycles. The van der Waals surface area contributed by atoms with Gasteiger partial charge in [0, 0.05) is 24.3 Å². The molecule has 2 rings (SSSR count).